The van der Waals surface area contributed by atoms with Gasteiger partial charge in [-0.3, -0.25) is 0 Å². The number of rotatable bonds is 9. The van der Waals surface area contributed by atoms with Gasteiger partial charge < -0.3 is 18.0 Å². The van der Waals surface area contributed by atoms with Gasteiger partial charge in [-0.25, -0.2) is 0 Å². The predicted octanol–water partition coefficient (Wildman–Crippen LogP) is 3.30. The van der Waals surface area contributed by atoms with Crippen molar-refractivity contribution < 1.29 is 18.0 Å². The van der Waals surface area contributed by atoms with Gasteiger partial charge >= 0.3 is 8.80 Å². The number of methoxy groups -OCH3 is 1. The number of hydrogen-bond donors (Lipinski definition) is 0. The van der Waals surface area contributed by atoms with Gasteiger partial charge in [-0.2, -0.15) is 0 Å². The zero-order valence-corrected chi connectivity index (χ0v) is 13.7. The van der Waals surface area contributed by atoms with E-state index in [1.54, 1.807) is 7.11 Å². The van der Waals surface area contributed by atoms with Gasteiger partial charge in [0.05, 0.1) is 7.11 Å². The molecule has 1 aromatic carbocycles. The SMILES string of the molecule is CCO[Si](/C=C/c1cccc(OC)c1)(OCC)OCC. The molecule has 0 heterocycles. The first kappa shape index (κ1) is 16.9. The van der Waals surface area contributed by atoms with Gasteiger partial charge in [0, 0.05) is 19.8 Å². The molecule has 0 N–H and O–H groups in total. The standard InChI is InChI=1S/C15H24O4Si/c1-5-17-20(18-6-2,19-7-3)12-11-14-9-8-10-15(13-14)16-4/h8-13H,5-7H2,1-4H3/b12-11+. The summed E-state index contributed by atoms with van der Waals surface area (Å²) in [5.41, 5.74) is 2.96. The molecular weight excluding hydrogens is 272 g/mol. The van der Waals surface area contributed by atoms with E-state index in [2.05, 4.69) is 0 Å². The zero-order chi connectivity index (χ0) is 14.8. The van der Waals surface area contributed by atoms with Crippen LogP contribution in [-0.2, 0) is 13.3 Å². The Hall–Kier alpha value is -1.14. The normalized spacial score (nSPS) is 12.0. The molecule has 0 aliphatic carbocycles. The fraction of sp³-hybridized carbons (Fsp3) is 0.467. The lowest BCUT2D eigenvalue weighted by molar-refractivity contribution is 0.0845. The van der Waals surface area contributed by atoms with Crippen LogP contribution < -0.4 is 4.74 Å². The number of benzene rings is 1. The van der Waals surface area contributed by atoms with Crippen LogP contribution in [0.1, 0.15) is 26.3 Å². The first-order chi connectivity index (χ1) is 9.69. The van der Waals surface area contributed by atoms with Crippen molar-refractivity contribution in [2.75, 3.05) is 26.9 Å². The zero-order valence-electron chi connectivity index (χ0n) is 12.7. The molecule has 1 aromatic rings. The maximum atomic E-state index is 5.77. The lowest BCUT2D eigenvalue weighted by Crippen LogP contribution is -2.44. The summed E-state index contributed by atoms with van der Waals surface area (Å²) in [6, 6.07) is 7.82. The fourth-order valence-corrected chi connectivity index (χ4v) is 3.96. The molecule has 0 radical (unpaired) electrons. The molecule has 0 saturated heterocycles. The highest BCUT2D eigenvalue weighted by Gasteiger charge is 2.37. The minimum absolute atomic E-state index is 0.564. The Bertz CT molecular complexity index is 403. The molecule has 0 bridgehead atoms. The summed E-state index contributed by atoms with van der Waals surface area (Å²) >= 11 is 0. The third-order valence-corrected chi connectivity index (χ3v) is 5.26. The van der Waals surface area contributed by atoms with Crippen LogP contribution in [0.25, 0.3) is 6.08 Å². The molecule has 0 amide bonds. The van der Waals surface area contributed by atoms with Crippen LogP contribution in [0.15, 0.2) is 30.0 Å². The highest BCUT2D eigenvalue weighted by Crippen LogP contribution is 2.17. The second-order valence-electron chi connectivity index (χ2n) is 4.01. The summed E-state index contributed by atoms with van der Waals surface area (Å²) in [5, 5.41) is 0. The van der Waals surface area contributed by atoms with Gasteiger partial charge in [-0.05, 0) is 44.2 Å². The van der Waals surface area contributed by atoms with Gasteiger partial charge in [-0.1, -0.05) is 18.2 Å². The van der Waals surface area contributed by atoms with Gasteiger partial charge in [0.1, 0.15) is 5.75 Å². The number of ether oxygens (including phenoxy) is 1. The van der Waals surface area contributed by atoms with Crippen molar-refractivity contribution in [3.8, 4) is 5.75 Å². The second kappa shape index (κ2) is 8.92. The van der Waals surface area contributed by atoms with Crippen molar-refractivity contribution in [1.82, 2.24) is 0 Å². The minimum Gasteiger partial charge on any atom is -0.497 e. The van der Waals surface area contributed by atoms with Crippen LogP contribution in [0.2, 0.25) is 0 Å². The van der Waals surface area contributed by atoms with Crippen molar-refractivity contribution in [1.29, 1.82) is 0 Å². The molecule has 0 fully saturated rings. The lowest BCUT2D eigenvalue weighted by atomic mass is 10.2. The van der Waals surface area contributed by atoms with E-state index in [-0.39, 0.29) is 0 Å². The van der Waals surface area contributed by atoms with Gasteiger partial charge in [-0.15, -0.1) is 0 Å². The third-order valence-electron chi connectivity index (χ3n) is 2.61. The molecule has 0 saturated carbocycles. The van der Waals surface area contributed by atoms with Crippen molar-refractivity contribution in [3.05, 3.63) is 35.5 Å². The average molecular weight is 296 g/mol. The first-order valence-corrected chi connectivity index (χ1v) is 8.75. The maximum absolute atomic E-state index is 5.77. The predicted molar refractivity (Wildman–Crippen MR) is 82.7 cm³/mol. The largest absolute Gasteiger partial charge is 0.529 e. The molecule has 0 aliphatic heterocycles. The van der Waals surface area contributed by atoms with Crippen LogP contribution in [0.4, 0.5) is 0 Å². The van der Waals surface area contributed by atoms with E-state index in [0.717, 1.165) is 11.3 Å². The maximum Gasteiger partial charge on any atom is 0.529 e. The summed E-state index contributed by atoms with van der Waals surface area (Å²) < 4.78 is 22.5. The number of hydrogen-bond acceptors (Lipinski definition) is 4. The van der Waals surface area contributed by atoms with Crippen LogP contribution in [0, 0.1) is 0 Å². The van der Waals surface area contributed by atoms with Gasteiger partial charge in [0.15, 0.2) is 0 Å². The molecule has 0 aromatic heterocycles. The molecule has 20 heavy (non-hydrogen) atoms. The second-order valence-corrected chi connectivity index (χ2v) is 6.42. The van der Waals surface area contributed by atoms with Crippen molar-refractivity contribution in [3.63, 3.8) is 0 Å². The van der Waals surface area contributed by atoms with E-state index in [0.29, 0.717) is 19.8 Å². The Morgan fingerprint density at radius 3 is 2.10 bits per heavy atom. The minimum atomic E-state index is -2.73. The molecule has 1 rings (SSSR count). The Morgan fingerprint density at radius 2 is 1.60 bits per heavy atom. The Labute approximate surface area is 122 Å². The smallest absolute Gasteiger partial charge is 0.497 e. The quantitative estimate of drug-likeness (QED) is 0.655. The topological polar surface area (TPSA) is 36.9 Å². The molecule has 112 valence electrons. The van der Waals surface area contributed by atoms with E-state index in [4.69, 9.17) is 18.0 Å². The molecule has 4 nitrogen and oxygen atoms in total. The summed E-state index contributed by atoms with van der Waals surface area (Å²) in [5.74, 6) is 0.823. The summed E-state index contributed by atoms with van der Waals surface area (Å²) in [7, 11) is -1.07. The Kier molecular flexibility index (Phi) is 7.54. The molecule has 0 aliphatic rings. The monoisotopic (exact) mass is 296 g/mol. The Balaban J connectivity index is 2.93. The third kappa shape index (κ3) is 5.09. The summed E-state index contributed by atoms with van der Waals surface area (Å²) in [6.07, 6.45) is 1.97. The van der Waals surface area contributed by atoms with Gasteiger partial charge in [0.2, 0.25) is 0 Å². The van der Waals surface area contributed by atoms with Crippen molar-refractivity contribution >= 4 is 14.9 Å². The average Bonchev–Trinajstić information content (AvgIpc) is 2.46. The molecule has 0 unspecified atom stereocenters. The van der Waals surface area contributed by atoms with Crippen molar-refractivity contribution in [2.45, 2.75) is 20.8 Å². The van der Waals surface area contributed by atoms with E-state index in [1.165, 1.54) is 0 Å². The molecule has 5 heteroatoms. The van der Waals surface area contributed by atoms with E-state index < -0.39 is 8.80 Å². The fourth-order valence-electron chi connectivity index (χ4n) is 1.82. The molecule has 0 spiro atoms. The summed E-state index contributed by atoms with van der Waals surface area (Å²) in [4.78, 5) is 0. The van der Waals surface area contributed by atoms with E-state index in [9.17, 15) is 0 Å². The van der Waals surface area contributed by atoms with Crippen molar-refractivity contribution in [2.24, 2.45) is 0 Å². The Morgan fingerprint density at radius 1 is 1.00 bits per heavy atom. The van der Waals surface area contributed by atoms with Crippen LogP contribution in [0.3, 0.4) is 0 Å². The van der Waals surface area contributed by atoms with Crippen LogP contribution >= 0.6 is 0 Å². The lowest BCUT2D eigenvalue weighted by Gasteiger charge is -2.25. The van der Waals surface area contributed by atoms with E-state index >= 15 is 0 Å². The highest BCUT2D eigenvalue weighted by molar-refractivity contribution is 6.67. The van der Waals surface area contributed by atoms with Crippen LogP contribution in [0.5, 0.6) is 5.75 Å². The molecular formula is C15H24O4Si. The molecule has 0 atom stereocenters. The van der Waals surface area contributed by atoms with Crippen LogP contribution in [-0.4, -0.2) is 35.7 Å². The van der Waals surface area contributed by atoms with Gasteiger partial charge in [0.25, 0.3) is 0 Å². The first-order valence-electron chi connectivity index (χ1n) is 6.94. The highest BCUT2D eigenvalue weighted by atomic mass is 28.4. The summed E-state index contributed by atoms with van der Waals surface area (Å²) in [6.45, 7) is 7.52. The van der Waals surface area contributed by atoms with E-state index in [1.807, 2.05) is 56.8 Å².